The predicted octanol–water partition coefficient (Wildman–Crippen LogP) is 2.54. The van der Waals surface area contributed by atoms with Crippen LogP contribution < -0.4 is 0 Å². The second-order valence-corrected chi connectivity index (χ2v) is 4.90. The molecular weight excluding hydrogens is 206 g/mol. The molecule has 0 saturated heterocycles. The van der Waals surface area contributed by atoms with E-state index in [0.717, 1.165) is 17.9 Å². The second-order valence-electron chi connectivity index (χ2n) is 3.73. The van der Waals surface area contributed by atoms with E-state index in [1.807, 2.05) is 36.0 Å². The Morgan fingerprint density at radius 3 is 2.33 bits per heavy atom. The van der Waals surface area contributed by atoms with Gasteiger partial charge in [-0.2, -0.15) is 0 Å². The highest BCUT2D eigenvalue weighted by atomic mass is 32.2. The van der Waals surface area contributed by atoms with E-state index in [4.69, 9.17) is 0 Å². The molecule has 0 amide bonds. The highest BCUT2D eigenvalue weighted by Crippen LogP contribution is 2.18. The molecule has 1 aromatic rings. The van der Waals surface area contributed by atoms with E-state index in [9.17, 15) is 4.79 Å². The lowest BCUT2D eigenvalue weighted by atomic mass is 10.2. The van der Waals surface area contributed by atoms with Crippen molar-refractivity contribution in [2.75, 3.05) is 26.4 Å². The van der Waals surface area contributed by atoms with Gasteiger partial charge in [-0.3, -0.25) is 4.79 Å². The number of carbonyl (C=O) groups is 1. The summed E-state index contributed by atoms with van der Waals surface area (Å²) < 4.78 is 0. The maximum Gasteiger partial charge on any atom is 0.159 e. The zero-order chi connectivity index (χ0) is 11.3. The molecule has 0 radical (unpaired) electrons. The van der Waals surface area contributed by atoms with E-state index in [2.05, 4.69) is 19.0 Å². The molecule has 3 heteroatoms. The van der Waals surface area contributed by atoms with E-state index in [1.54, 1.807) is 6.92 Å². The number of rotatable bonds is 5. The fourth-order valence-electron chi connectivity index (χ4n) is 1.13. The van der Waals surface area contributed by atoms with Crippen LogP contribution in [0.5, 0.6) is 0 Å². The first-order valence-electron chi connectivity index (χ1n) is 4.98. The van der Waals surface area contributed by atoms with Crippen LogP contribution in [0.4, 0.5) is 0 Å². The zero-order valence-electron chi connectivity index (χ0n) is 9.49. The fraction of sp³-hybridized carbons (Fsp3) is 0.417. The monoisotopic (exact) mass is 223 g/mol. The zero-order valence-corrected chi connectivity index (χ0v) is 10.3. The van der Waals surface area contributed by atoms with Crippen molar-refractivity contribution in [3.05, 3.63) is 29.8 Å². The maximum atomic E-state index is 11.0. The molecule has 0 bridgehead atoms. The van der Waals surface area contributed by atoms with Gasteiger partial charge in [0.1, 0.15) is 0 Å². The molecule has 0 aliphatic carbocycles. The van der Waals surface area contributed by atoms with Crippen LogP contribution in [0.3, 0.4) is 0 Å². The van der Waals surface area contributed by atoms with E-state index < -0.39 is 0 Å². The summed E-state index contributed by atoms with van der Waals surface area (Å²) in [4.78, 5) is 14.4. The topological polar surface area (TPSA) is 20.3 Å². The Morgan fingerprint density at radius 2 is 1.87 bits per heavy atom. The van der Waals surface area contributed by atoms with E-state index in [0.29, 0.717) is 0 Å². The number of hydrogen-bond donors (Lipinski definition) is 0. The van der Waals surface area contributed by atoms with Crippen LogP contribution in [0, 0.1) is 0 Å². The van der Waals surface area contributed by atoms with E-state index in [-0.39, 0.29) is 5.78 Å². The minimum atomic E-state index is 0.125. The molecule has 2 nitrogen and oxygen atoms in total. The van der Waals surface area contributed by atoms with Crippen molar-refractivity contribution in [3.8, 4) is 0 Å². The third kappa shape index (κ3) is 4.49. The van der Waals surface area contributed by atoms with Crippen LogP contribution in [0.25, 0.3) is 0 Å². The van der Waals surface area contributed by atoms with Crippen LogP contribution in [0.1, 0.15) is 17.3 Å². The molecule has 0 fully saturated rings. The number of hydrogen-bond acceptors (Lipinski definition) is 3. The highest BCUT2D eigenvalue weighted by molar-refractivity contribution is 7.99. The molecule has 0 heterocycles. The largest absolute Gasteiger partial charge is 0.309 e. The molecule has 0 N–H and O–H groups in total. The summed E-state index contributed by atoms with van der Waals surface area (Å²) in [5.74, 6) is 1.20. The number of benzene rings is 1. The Balaban J connectivity index is 2.46. The predicted molar refractivity (Wildman–Crippen MR) is 65.7 cm³/mol. The molecule has 1 aromatic carbocycles. The Kier molecular flexibility index (Phi) is 4.85. The first kappa shape index (κ1) is 12.3. The number of carbonyl (C=O) groups excluding carboxylic acids is 1. The summed E-state index contributed by atoms with van der Waals surface area (Å²) >= 11 is 1.82. The van der Waals surface area contributed by atoms with Gasteiger partial charge in [0.05, 0.1) is 0 Å². The molecule has 0 spiro atoms. The summed E-state index contributed by atoms with van der Waals surface area (Å²) in [6, 6.07) is 7.80. The maximum absolute atomic E-state index is 11.0. The normalized spacial score (nSPS) is 10.7. The standard InChI is InChI=1S/C12H17NOS/c1-10(14)11-4-6-12(7-5-11)15-9-8-13(2)3/h4-7H,8-9H2,1-3H3. The van der Waals surface area contributed by atoms with Gasteiger partial charge in [0.2, 0.25) is 0 Å². The third-order valence-electron chi connectivity index (χ3n) is 2.07. The molecule has 1 rings (SSSR count). The van der Waals surface area contributed by atoms with Crippen molar-refractivity contribution in [1.82, 2.24) is 4.90 Å². The minimum absolute atomic E-state index is 0.125. The van der Waals surface area contributed by atoms with Crippen LogP contribution >= 0.6 is 11.8 Å². The van der Waals surface area contributed by atoms with Gasteiger partial charge in [0.15, 0.2) is 5.78 Å². The van der Waals surface area contributed by atoms with Gasteiger partial charge in [0.25, 0.3) is 0 Å². The lowest BCUT2D eigenvalue weighted by molar-refractivity contribution is 0.101. The summed E-state index contributed by atoms with van der Waals surface area (Å²) in [5, 5.41) is 0. The van der Waals surface area contributed by atoms with Gasteiger partial charge in [0, 0.05) is 22.8 Å². The van der Waals surface area contributed by atoms with Crippen molar-refractivity contribution in [1.29, 1.82) is 0 Å². The van der Waals surface area contributed by atoms with Gasteiger partial charge in [-0.15, -0.1) is 11.8 Å². The number of ketones is 1. The first-order valence-corrected chi connectivity index (χ1v) is 5.96. The van der Waals surface area contributed by atoms with Gasteiger partial charge in [-0.1, -0.05) is 12.1 Å². The Hall–Kier alpha value is -0.800. The van der Waals surface area contributed by atoms with Crippen LogP contribution in [-0.4, -0.2) is 37.1 Å². The smallest absolute Gasteiger partial charge is 0.159 e. The number of Topliss-reactive ketones (excluding diaryl/α,β-unsaturated/α-hetero) is 1. The average Bonchev–Trinajstić information content (AvgIpc) is 2.18. The van der Waals surface area contributed by atoms with Gasteiger partial charge in [-0.25, -0.2) is 0 Å². The van der Waals surface area contributed by atoms with Crippen LogP contribution in [0.15, 0.2) is 29.2 Å². The van der Waals surface area contributed by atoms with Crippen molar-refractivity contribution in [2.45, 2.75) is 11.8 Å². The molecule has 0 atom stereocenters. The molecule has 0 saturated carbocycles. The van der Waals surface area contributed by atoms with Gasteiger partial charge >= 0.3 is 0 Å². The molecule has 0 aliphatic heterocycles. The lowest BCUT2D eigenvalue weighted by Crippen LogP contribution is -2.14. The van der Waals surface area contributed by atoms with Gasteiger partial charge < -0.3 is 4.90 Å². The SMILES string of the molecule is CC(=O)c1ccc(SCCN(C)C)cc1. The molecule has 0 aromatic heterocycles. The molecule has 0 aliphatic rings. The molecule has 0 unspecified atom stereocenters. The second kappa shape index (κ2) is 5.93. The molecule has 82 valence electrons. The number of thioether (sulfide) groups is 1. The van der Waals surface area contributed by atoms with E-state index in [1.165, 1.54) is 4.90 Å². The summed E-state index contributed by atoms with van der Waals surface area (Å²) in [7, 11) is 4.14. The fourth-order valence-corrected chi connectivity index (χ4v) is 2.15. The highest BCUT2D eigenvalue weighted by Gasteiger charge is 1.99. The molecule has 15 heavy (non-hydrogen) atoms. The summed E-state index contributed by atoms with van der Waals surface area (Å²) in [6.07, 6.45) is 0. The molecular formula is C12H17NOS. The summed E-state index contributed by atoms with van der Waals surface area (Å²) in [6.45, 7) is 2.66. The van der Waals surface area contributed by atoms with Crippen molar-refractivity contribution in [2.24, 2.45) is 0 Å². The van der Waals surface area contributed by atoms with Crippen molar-refractivity contribution in [3.63, 3.8) is 0 Å². The van der Waals surface area contributed by atoms with E-state index >= 15 is 0 Å². The van der Waals surface area contributed by atoms with Crippen LogP contribution in [0.2, 0.25) is 0 Å². The van der Waals surface area contributed by atoms with Crippen LogP contribution in [-0.2, 0) is 0 Å². The first-order chi connectivity index (χ1) is 7.09. The Labute approximate surface area is 95.7 Å². The lowest BCUT2D eigenvalue weighted by Gasteiger charge is -2.08. The average molecular weight is 223 g/mol. The Morgan fingerprint density at radius 1 is 1.27 bits per heavy atom. The van der Waals surface area contributed by atoms with Crippen molar-refractivity contribution >= 4 is 17.5 Å². The number of nitrogens with zero attached hydrogens (tertiary/aromatic N) is 1. The third-order valence-corrected chi connectivity index (χ3v) is 3.06. The Bertz CT molecular complexity index is 319. The quantitative estimate of drug-likeness (QED) is 0.565. The summed E-state index contributed by atoms with van der Waals surface area (Å²) in [5.41, 5.74) is 0.784. The minimum Gasteiger partial charge on any atom is -0.309 e. The van der Waals surface area contributed by atoms with Gasteiger partial charge in [-0.05, 0) is 33.2 Å². The van der Waals surface area contributed by atoms with Crippen molar-refractivity contribution < 1.29 is 4.79 Å².